The van der Waals surface area contributed by atoms with Crippen molar-refractivity contribution in [2.24, 2.45) is 0 Å². The number of hydrogen-bond donors (Lipinski definition) is 1. The maximum Gasteiger partial charge on any atom is 0.223 e. The van der Waals surface area contributed by atoms with Crippen LogP contribution < -0.4 is 5.32 Å². The molecule has 0 radical (unpaired) electrons. The summed E-state index contributed by atoms with van der Waals surface area (Å²) in [5.74, 6) is 0.286. The highest BCUT2D eigenvalue weighted by Gasteiger charge is 2.22. The molecule has 104 valence electrons. The van der Waals surface area contributed by atoms with Crippen molar-refractivity contribution in [2.45, 2.75) is 39.2 Å². The van der Waals surface area contributed by atoms with Crippen molar-refractivity contribution in [3.8, 4) is 0 Å². The Morgan fingerprint density at radius 2 is 2.00 bits per heavy atom. The Balaban J connectivity index is 1.85. The lowest BCUT2D eigenvalue weighted by atomic mass is 10.1. The van der Waals surface area contributed by atoms with Gasteiger partial charge in [-0.1, -0.05) is 31.2 Å². The second kappa shape index (κ2) is 6.71. The summed E-state index contributed by atoms with van der Waals surface area (Å²) in [6.45, 7) is 6.94. The van der Waals surface area contributed by atoms with Crippen LogP contribution in [-0.2, 0) is 17.6 Å². The van der Waals surface area contributed by atoms with Crippen LogP contribution in [0.4, 0.5) is 0 Å². The lowest BCUT2D eigenvalue weighted by Crippen LogP contribution is -2.52. The van der Waals surface area contributed by atoms with Gasteiger partial charge in [-0.05, 0) is 30.9 Å². The van der Waals surface area contributed by atoms with Crippen LogP contribution in [0, 0.1) is 0 Å². The van der Waals surface area contributed by atoms with E-state index in [9.17, 15) is 4.79 Å². The molecule has 0 aromatic heterocycles. The Morgan fingerprint density at radius 1 is 1.32 bits per heavy atom. The molecule has 1 fully saturated rings. The van der Waals surface area contributed by atoms with Gasteiger partial charge in [0.2, 0.25) is 5.91 Å². The third-order valence-corrected chi connectivity index (χ3v) is 3.88. The van der Waals surface area contributed by atoms with Crippen LogP contribution in [0.25, 0.3) is 0 Å². The van der Waals surface area contributed by atoms with E-state index in [4.69, 9.17) is 0 Å². The number of nitrogens with zero attached hydrogens (tertiary/aromatic N) is 1. The number of rotatable bonds is 4. The van der Waals surface area contributed by atoms with Gasteiger partial charge in [-0.3, -0.25) is 4.79 Å². The van der Waals surface area contributed by atoms with Crippen LogP contribution in [0.15, 0.2) is 24.3 Å². The van der Waals surface area contributed by atoms with Gasteiger partial charge in [-0.2, -0.15) is 0 Å². The average Bonchev–Trinajstić information content (AvgIpc) is 2.46. The number of carbonyl (C=O) groups excluding carboxylic acids is 1. The van der Waals surface area contributed by atoms with Gasteiger partial charge >= 0.3 is 0 Å². The summed E-state index contributed by atoms with van der Waals surface area (Å²) in [6, 6.07) is 8.94. The summed E-state index contributed by atoms with van der Waals surface area (Å²) in [5.41, 5.74) is 2.61. The molecular weight excluding hydrogens is 236 g/mol. The van der Waals surface area contributed by atoms with Crippen LogP contribution in [0.1, 0.15) is 31.4 Å². The highest BCUT2D eigenvalue weighted by Crippen LogP contribution is 2.10. The molecular formula is C16H24N2O. The second-order valence-corrected chi connectivity index (χ2v) is 5.31. The minimum atomic E-state index is 0.286. The number of benzene rings is 1. The van der Waals surface area contributed by atoms with Crippen molar-refractivity contribution in [3.05, 3.63) is 35.4 Å². The van der Waals surface area contributed by atoms with Gasteiger partial charge in [0.25, 0.3) is 0 Å². The van der Waals surface area contributed by atoms with E-state index in [1.165, 1.54) is 11.1 Å². The summed E-state index contributed by atoms with van der Waals surface area (Å²) in [4.78, 5) is 14.2. The molecule has 1 aromatic carbocycles. The molecule has 2 rings (SSSR count). The van der Waals surface area contributed by atoms with Crippen LogP contribution >= 0.6 is 0 Å². The van der Waals surface area contributed by atoms with Gasteiger partial charge in [-0.25, -0.2) is 0 Å². The first kappa shape index (κ1) is 14.1. The molecule has 1 aromatic rings. The molecule has 1 N–H and O–H groups in total. The molecule has 3 nitrogen and oxygen atoms in total. The maximum atomic E-state index is 12.2. The van der Waals surface area contributed by atoms with Crippen molar-refractivity contribution in [1.82, 2.24) is 10.2 Å². The Morgan fingerprint density at radius 3 is 2.63 bits per heavy atom. The predicted molar refractivity (Wildman–Crippen MR) is 78.2 cm³/mol. The van der Waals surface area contributed by atoms with E-state index in [1.807, 2.05) is 4.90 Å². The quantitative estimate of drug-likeness (QED) is 0.898. The van der Waals surface area contributed by atoms with Gasteiger partial charge in [0.1, 0.15) is 0 Å². The average molecular weight is 260 g/mol. The molecule has 1 saturated heterocycles. The molecule has 19 heavy (non-hydrogen) atoms. The number of piperazine rings is 1. The lowest BCUT2D eigenvalue weighted by molar-refractivity contribution is -0.133. The van der Waals surface area contributed by atoms with Gasteiger partial charge in [0.05, 0.1) is 0 Å². The third kappa shape index (κ3) is 3.80. The highest BCUT2D eigenvalue weighted by molar-refractivity contribution is 5.77. The number of hydrogen-bond acceptors (Lipinski definition) is 2. The molecule has 0 aliphatic carbocycles. The fraction of sp³-hybridized carbons (Fsp3) is 0.562. The van der Waals surface area contributed by atoms with Crippen LogP contribution in [0.3, 0.4) is 0 Å². The van der Waals surface area contributed by atoms with Crippen molar-refractivity contribution in [2.75, 3.05) is 19.6 Å². The standard InChI is InChI=1S/C16H24N2O/c1-3-14-4-6-15(7-5-14)8-9-16(19)18-11-10-17-12-13(18)2/h4-7,13,17H,3,8-12H2,1-2H3. The molecule has 1 unspecified atom stereocenters. The van der Waals surface area contributed by atoms with E-state index in [2.05, 4.69) is 43.4 Å². The molecule has 1 aliphatic heterocycles. The Labute approximate surface area is 116 Å². The Bertz CT molecular complexity index is 413. The van der Waals surface area contributed by atoms with E-state index in [0.717, 1.165) is 32.5 Å². The normalized spacial score (nSPS) is 19.5. The maximum absolute atomic E-state index is 12.2. The van der Waals surface area contributed by atoms with E-state index < -0.39 is 0 Å². The molecule has 1 aliphatic rings. The minimum Gasteiger partial charge on any atom is -0.337 e. The SMILES string of the molecule is CCc1ccc(CCC(=O)N2CCNCC2C)cc1. The molecule has 1 heterocycles. The summed E-state index contributed by atoms with van der Waals surface area (Å²) >= 11 is 0. The minimum absolute atomic E-state index is 0.286. The summed E-state index contributed by atoms with van der Waals surface area (Å²) in [5, 5.41) is 3.31. The van der Waals surface area contributed by atoms with Crippen molar-refractivity contribution in [3.63, 3.8) is 0 Å². The first-order valence-electron chi connectivity index (χ1n) is 7.28. The van der Waals surface area contributed by atoms with Crippen molar-refractivity contribution < 1.29 is 4.79 Å². The fourth-order valence-corrected chi connectivity index (χ4v) is 2.55. The first-order chi connectivity index (χ1) is 9.20. The summed E-state index contributed by atoms with van der Waals surface area (Å²) in [6.07, 6.45) is 2.53. The van der Waals surface area contributed by atoms with Gasteiger partial charge in [0.15, 0.2) is 0 Å². The van der Waals surface area contributed by atoms with Crippen LogP contribution in [0.2, 0.25) is 0 Å². The third-order valence-electron chi connectivity index (χ3n) is 3.88. The smallest absolute Gasteiger partial charge is 0.223 e. The number of amides is 1. The summed E-state index contributed by atoms with van der Waals surface area (Å²) in [7, 11) is 0. The number of nitrogens with one attached hydrogen (secondary N) is 1. The lowest BCUT2D eigenvalue weighted by Gasteiger charge is -2.34. The predicted octanol–water partition coefficient (Wildman–Crippen LogP) is 2.00. The van der Waals surface area contributed by atoms with Gasteiger partial charge in [-0.15, -0.1) is 0 Å². The van der Waals surface area contributed by atoms with E-state index >= 15 is 0 Å². The fourth-order valence-electron chi connectivity index (χ4n) is 2.55. The second-order valence-electron chi connectivity index (χ2n) is 5.31. The molecule has 1 atom stereocenters. The van der Waals surface area contributed by atoms with Crippen molar-refractivity contribution >= 4 is 5.91 Å². The van der Waals surface area contributed by atoms with Crippen molar-refractivity contribution in [1.29, 1.82) is 0 Å². The zero-order chi connectivity index (χ0) is 13.7. The zero-order valence-electron chi connectivity index (χ0n) is 12.0. The molecule has 0 spiro atoms. The van der Waals surface area contributed by atoms with Gasteiger partial charge in [0, 0.05) is 32.1 Å². The number of carbonyl (C=O) groups is 1. The largest absolute Gasteiger partial charge is 0.337 e. The Kier molecular flexibility index (Phi) is 4.97. The van der Waals surface area contributed by atoms with E-state index in [-0.39, 0.29) is 5.91 Å². The molecule has 0 saturated carbocycles. The highest BCUT2D eigenvalue weighted by atomic mass is 16.2. The monoisotopic (exact) mass is 260 g/mol. The van der Waals surface area contributed by atoms with E-state index in [1.54, 1.807) is 0 Å². The van der Waals surface area contributed by atoms with Crippen LogP contribution in [0.5, 0.6) is 0 Å². The Hall–Kier alpha value is -1.35. The molecule has 3 heteroatoms. The molecule has 1 amide bonds. The van der Waals surface area contributed by atoms with E-state index in [0.29, 0.717) is 12.5 Å². The topological polar surface area (TPSA) is 32.3 Å². The van der Waals surface area contributed by atoms with Crippen LogP contribution in [-0.4, -0.2) is 36.5 Å². The molecule has 0 bridgehead atoms. The first-order valence-corrected chi connectivity index (χ1v) is 7.28. The summed E-state index contributed by atoms with van der Waals surface area (Å²) < 4.78 is 0. The zero-order valence-corrected chi connectivity index (χ0v) is 12.0. The number of aryl methyl sites for hydroxylation is 2. The van der Waals surface area contributed by atoms with Gasteiger partial charge < -0.3 is 10.2 Å².